The fraction of sp³-hybridized carbons (Fsp3) is 0.0870. The Hall–Kier alpha value is -4.73. The molecule has 4 rings (SSSR count). The topological polar surface area (TPSA) is 152 Å². The zero-order chi connectivity index (χ0) is 23.5. The Morgan fingerprint density at radius 1 is 1.12 bits per heavy atom. The predicted molar refractivity (Wildman–Crippen MR) is 124 cm³/mol. The number of fused-ring (bicyclic) bond motifs is 1. The van der Waals surface area contributed by atoms with Crippen LogP contribution in [0.1, 0.15) is 15.9 Å². The summed E-state index contributed by atoms with van der Waals surface area (Å²) in [6.07, 6.45) is 3.34. The fourth-order valence-corrected chi connectivity index (χ4v) is 3.37. The number of nitrogens with zero attached hydrogens (tertiary/aromatic N) is 3. The fourth-order valence-electron chi connectivity index (χ4n) is 3.37. The van der Waals surface area contributed by atoms with Crippen molar-refractivity contribution in [3.8, 4) is 11.3 Å². The van der Waals surface area contributed by atoms with Crippen LogP contribution in [-0.4, -0.2) is 31.6 Å². The molecular formula is C23H20N6O4. The van der Waals surface area contributed by atoms with Crippen molar-refractivity contribution >= 4 is 34.5 Å². The van der Waals surface area contributed by atoms with Gasteiger partial charge in [0.2, 0.25) is 5.43 Å². The molecule has 4 aromatic rings. The number of hydrogen-bond donors (Lipinski definition) is 4. The van der Waals surface area contributed by atoms with Crippen LogP contribution in [0.4, 0.5) is 16.3 Å². The molecule has 3 heterocycles. The highest BCUT2D eigenvalue weighted by molar-refractivity contribution is 5.97. The van der Waals surface area contributed by atoms with Gasteiger partial charge in [0, 0.05) is 37.2 Å². The van der Waals surface area contributed by atoms with Gasteiger partial charge in [0.1, 0.15) is 17.0 Å². The highest BCUT2D eigenvalue weighted by atomic mass is 16.4. The molecule has 0 fully saturated rings. The Balaban J connectivity index is 1.54. The van der Waals surface area contributed by atoms with Gasteiger partial charge in [0.25, 0.3) is 0 Å². The van der Waals surface area contributed by atoms with E-state index in [-0.39, 0.29) is 22.9 Å². The van der Waals surface area contributed by atoms with E-state index in [1.165, 1.54) is 10.6 Å². The number of pyridine rings is 3. The zero-order valence-electron chi connectivity index (χ0n) is 17.6. The number of carboxylic acid groups (broad SMARTS) is 1. The molecule has 33 heavy (non-hydrogen) atoms. The maximum atomic E-state index is 12.5. The van der Waals surface area contributed by atoms with Crippen LogP contribution in [0, 0.1) is 0 Å². The van der Waals surface area contributed by atoms with E-state index in [1.54, 1.807) is 55.8 Å². The molecule has 0 aliphatic heterocycles. The minimum absolute atomic E-state index is 0.163. The van der Waals surface area contributed by atoms with Crippen molar-refractivity contribution in [2.45, 2.75) is 6.54 Å². The summed E-state index contributed by atoms with van der Waals surface area (Å²) >= 11 is 0. The quantitative estimate of drug-likeness (QED) is 0.369. The summed E-state index contributed by atoms with van der Waals surface area (Å²) in [6, 6.07) is 13.5. The first kappa shape index (κ1) is 21.5. The molecule has 3 aromatic heterocycles. The Bertz CT molecular complexity index is 1420. The van der Waals surface area contributed by atoms with Gasteiger partial charge in [0.15, 0.2) is 0 Å². The van der Waals surface area contributed by atoms with Crippen molar-refractivity contribution in [2.75, 3.05) is 11.1 Å². The maximum Gasteiger partial charge on any atom is 0.343 e. The number of benzene rings is 1. The Kier molecular flexibility index (Phi) is 5.73. The number of carbonyl (C=O) groups is 2. The normalized spacial score (nSPS) is 10.7. The number of hydrogen-bond acceptors (Lipinski definition) is 6. The number of nitrogens with one attached hydrogen (secondary N) is 2. The van der Waals surface area contributed by atoms with Gasteiger partial charge < -0.3 is 26.0 Å². The number of carbonyl (C=O) groups excluding carboxylic acids is 1. The van der Waals surface area contributed by atoms with E-state index in [2.05, 4.69) is 20.6 Å². The van der Waals surface area contributed by atoms with Crippen molar-refractivity contribution in [3.05, 3.63) is 82.3 Å². The third-order valence-corrected chi connectivity index (χ3v) is 5.11. The lowest BCUT2D eigenvalue weighted by atomic mass is 10.1. The van der Waals surface area contributed by atoms with Gasteiger partial charge in [-0.05, 0) is 35.9 Å². The number of urea groups is 1. The minimum Gasteiger partial charge on any atom is -0.477 e. The van der Waals surface area contributed by atoms with E-state index in [0.717, 1.165) is 11.1 Å². The molecule has 10 heteroatoms. The molecule has 0 bridgehead atoms. The van der Waals surface area contributed by atoms with Crippen LogP contribution in [0.25, 0.3) is 22.3 Å². The third-order valence-electron chi connectivity index (χ3n) is 5.11. The highest BCUT2D eigenvalue weighted by Crippen LogP contribution is 2.23. The molecule has 10 nitrogen and oxygen atoms in total. The Morgan fingerprint density at radius 2 is 1.88 bits per heavy atom. The smallest absolute Gasteiger partial charge is 0.343 e. The Morgan fingerprint density at radius 3 is 2.55 bits per heavy atom. The molecule has 1 aromatic carbocycles. The second-order valence-corrected chi connectivity index (χ2v) is 7.27. The number of nitrogens with two attached hydrogens (primary N) is 1. The minimum atomic E-state index is -1.38. The molecule has 0 aliphatic carbocycles. The lowest BCUT2D eigenvalue weighted by Gasteiger charge is -2.12. The summed E-state index contributed by atoms with van der Waals surface area (Å²) < 4.78 is 1.38. The van der Waals surface area contributed by atoms with Crippen molar-refractivity contribution in [3.63, 3.8) is 0 Å². The number of aryl methyl sites for hydroxylation is 1. The first-order chi connectivity index (χ1) is 15.8. The number of carboxylic acids is 1. The number of nitrogen functional groups attached to an aromatic ring is 1. The van der Waals surface area contributed by atoms with Crippen LogP contribution in [0.2, 0.25) is 0 Å². The molecule has 166 valence electrons. The van der Waals surface area contributed by atoms with Gasteiger partial charge in [-0.1, -0.05) is 18.2 Å². The molecule has 0 saturated heterocycles. The van der Waals surface area contributed by atoms with Crippen molar-refractivity contribution < 1.29 is 14.7 Å². The third kappa shape index (κ3) is 4.35. The van der Waals surface area contributed by atoms with Crippen LogP contribution < -0.4 is 21.8 Å². The van der Waals surface area contributed by atoms with E-state index in [1.807, 2.05) is 6.07 Å². The molecule has 2 amide bonds. The molecular weight excluding hydrogens is 424 g/mol. The molecule has 0 radical (unpaired) electrons. The van der Waals surface area contributed by atoms with Crippen LogP contribution in [0.15, 0.2) is 65.7 Å². The zero-order valence-corrected chi connectivity index (χ0v) is 17.6. The van der Waals surface area contributed by atoms with Gasteiger partial charge in [-0.3, -0.25) is 9.78 Å². The lowest BCUT2D eigenvalue weighted by molar-refractivity contribution is 0.0696. The van der Waals surface area contributed by atoms with Crippen LogP contribution in [0.3, 0.4) is 0 Å². The second kappa shape index (κ2) is 8.79. The number of aromatic carboxylic acids is 1. The SMILES string of the molecule is Cn1c(N)c(C(=O)O)c(=O)c2ccc(-c3ccc(NC(=O)NCc4cccnc4)cc3)nc21. The largest absolute Gasteiger partial charge is 0.477 e. The van der Waals surface area contributed by atoms with Crippen molar-refractivity contribution in [1.29, 1.82) is 0 Å². The van der Waals surface area contributed by atoms with Crippen molar-refractivity contribution in [2.24, 2.45) is 7.05 Å². The first-order valence-electron chi connectivity index (χ1n) is 9.92. The second-order valence-electron chi connectivity index (χ2n) is 7.27. The summed E-state index contributed by atoms with van der Waals surface area (Å²) in [5.41, 5.74) is 7.76. The highest BCUT2D eigenvalue weighted by Gasteiger charge is 2.20. The summed E-state index contributed by atoms with van der Waals surface area (Å²) in [5, 5.41) is 15.0. The van der Waals surface area contributed by atoms with Gasteiger partial charge in [-0.25, -0.2) is 14.6 Å². The average molecular weight is 444 g/mol. The number of anilines is 2. The van der Waals surface area contributed by atoms with Gasteiger partial charge >= 0.3 is 12.0 Å². The van der Waals surface area contributed by atoms with Gasteiger partial charge in [-0.2, -0.15) is 0 Å². The maximum absolute atomic E-state index is 12.5. The summed E-state index contributed by atoms with van der Waals surface area (Å²) in [6.45, 7) is 0.351. The monoisotopic (exact) mass is 444 g/mol. The standard InChI is InChI=1S/C23H20N6O4/c1-29-20(24)18(22(31)32)19(30)16-8-9-17(28-21(16)29)14-4-6-15(7-5-14)27-23(33)26-12-13-3-2-10-25-11-13/h2-11H,12,24H2,1H3,(H,31,32)(H2,26,27,33). The Labute approximate surface area is 187 Å². The van der Waals surface area contributed by atoms with E-state index in [4.69, 9.17) is 5.73 Å². The summed E-state index contributed by atoms with van der Waals surface area (Å²) in [4.78, 5) is 44.5. The van der Waals surface area contributed by atoms with Crippen LogP contribution >= 0.6 is 0 Å². The number of rotatable bonds is 5. The van der Waals surface area contributed by atoms with E-state index in [0.29, 0.717) is 17.9 Å². The number of aromatic nitrogens is 3. The van der Waals surface area contributed by atoms with Crippen LogP contribution in [0.5, 0.6) is 0 Å². The number of amides is 2. The molecule has 0 saturated carbocycles. The molecule has 0 aliphatic rings. The average Bonchev–Trinajstić information content (AvgIpc) is 2.82. The van der Waals surface area contributed by atoms with E-state index >= 15 is 0 Å². The van der Waals surface area contributed by atoms with Crippen molar-refractivity contribution in [1.82, 2.24) is 19.9 Å². The van der Waals surface area contributed by atoms with E-state index in [9.17, 15) is 19.5 Å². The van der Waals surface area contributed by atoms with Gasteiger partial charge in [0.05, 0.1) is 11.1 Å². The molecule has 5 N–H and O–H groups in total. The lowest BCUT2D eigenvalue weighted by Crippen LogP contribution is -2.28. The molecule has 0 spiro atoms. The molecule has 0 unspecified atom stereocenters. The predicted octanol–water partition coefficient (Wildman–Crippen LogP) is 2.60. The molecule has 0 atom stereocenters. The van der Waals surface area contributed by atoms with Crippen LogP contribution in [-0.2, 0) is 13.6 Å². The first-order valence-corrected chi connectivity index (χ1v) is 9.92. The van der Waals surface area contributed by atoms with E-state index < -0.39 is 17.0 Å². The summed E-state index contributed by atoms with van der Waals surface area (Å²) in [7, 11) is 1.55. The summed E-state index contributed by atoms with van der Waals surface area (Å²) in [5.74, 6) is -1.55. The van der Waals surface area contributed by atoms with Gasteiger partial charge in [-0.15, -0.1) is 0 Å².